The molecular weight excluding hydrogens is 180 g/mol. The lowest BCUT2D eigenvalue weighted by Gasteiger charge is -2.27. The Labute approximate surface area is 85.8 Å². The maximum atomic E-state index is 11.6. The van der Waals surface area contributed by atoms with E-state index in [2.05, 4.69) is 0 Å². The SMILES string of the molecule is CCCCC(C)(OC(C)=O)C(=O)CC. The Bertz CT molecular complexity index is 211. The summed E-state index contributed by atoms with van der Waals surface area (Å²) in [5.41, 5.74) is -0.906. The summed E-state index contributed by atoms with van der Waals surface area (Å²) in [7, 11) is 0. The molecular formula is C11H20O3. The molecule has 0 aliphatic rings. The molecule has 0 aliphatic carbocycles. The van der Waals surface area contributed by atoms with E-state index in [0.717, 1.165) is 12.8 Å². The first-order valence-electron chi connectivity index (χ1n) is 5.19. The molecule has 0 amide bonds. The summed E-state index contributed by atoms with van der Waals surface area (Å²) in [5.74, 6) is -0.383. The fraction of sp³-hybridized carbons (Fsp3) is 0.818. The van der Waals surface area contributed by atoms with Crippen LogP contribution in [-0.4, -0.2) is 17.4 Å². The van der Waals surface area contributed by atoms with Gasteiger partial charge >= 0.3 is 5.97 Å². The standard InChI is InChI=1S/C11H20O3/c1-5-7-8-11(4,10(13)6-2)14-9(3)12/h5-8H2,1-4H3. The minimum atomic E-state index is -0.906. The van der Waals surface area contributed by atoms with Gasteiger partial charge in [0.25, 0.3) is 0 Å². The van der Waals surface area contributed by atoms with E-state index in [9.17, 15) is 9.59 Å². The smallest absolute Gasteiger partial charge is 0.303 e. The van der Waals surface area contributed by atoms with Crippen LogP contribution in [0.4, 0.5) is 0 Å². The molecule has 0 fully saturated rings. The van der Waals surface area contributed by atoms with Crippen LogP contribution in [0, 0.1) is 0 Å². The van der Waals surface area contributed by atoms with Crippen molar-refractivity contribution in [2.75, 3.05) is 0 Å². The highest BCUT2D eigenvalue weighted by Gasteiger charge is 2.33. The van der Waals surface area contributed by atoms with Crippen LogP contribution in [0.15, 0.2) is 0 Å². The number of hydrogen-bond acceptors (Lipinski definition) is 3. The van der Waals surface area contributed by atoms with Gasteiger partial charge in [-0.1, -0.05) is 20.3 Å². The largest absolute Gasteiger partial charge is 0.452 e. The second-order valence-corrected chi connectivity index (χ2v) is 3.70. The molecule has 0 rings (SSSR count). The third-order valence-corrected chi connectivity index (χ3v) is 2.29. The van der Waals surface area contributed by atoms with Gasteiger partial charge in [-0.05, 0) is 19.8 Å². The van der Waals surface area contributed by atoms with Crippen molar-refractivity contribution in [3.8, 4) is 0 Å². The molecule has 3 heteroatoms. The molecule has 0 spiro atoms. The Kier molecular flexibility index (Phi) is 5.43. The Morgan fingerprint density at radius 2 is 1.86 bits per heavy atom. The minimum Gasteiger partial charge on any atom is -0.452 e. The highest BCUT2D eigenvalue weighted by molar-refractivity contribution is 5.88. The predicted molar refractivity (Wildman–Crippen MR) is 55.0 cm³/mol. The van der Waals surface area contributed by atoms with Crippen LogP contribution in [0.25, 0.3) is 0 Å². The Hall–Kier alpha value is -0.860. The molecule has 0 aliphatic heterocycles. The van der Waals surface area contributed by atoms with Crippen molar-refractivity contribution in [1.29, 1.82) is 0 Å². The summed E-state index contributed by atoms with van der Waals surface area (Å²) in [4.78, 5) is 22.5. The van der Waals surface area contributed by atoms with Gasteiger partial charge in [-0.15, -0.1) is 0 Å². The van der Waals surface area contributed by atoms with Crippen LogP contribution in [0.5, 0.6) is 0 Å². The van der Waals surface area contributed by atoms with Gasteiger partial charge in [0.05, 0.1) is 0 Å². The maximum absolute atomic E-state index is 11.6. The number of unbranched alkanes of at least 4 members (excludes halogenated alkanes) is 1. The molecule has 0 radical (unpaired) electrons. The summed E-state index contributed by atoms with van der Waals surface area (Å²) >= 11 is 0. The third kappa shape index (κ3) is 3.90. The lowest BCUT2D eigenvalue weighted by atomic mass is 9.92. The van der Waals surface area contributed by atoms with Gasteiger partial charge in [0.2, 0.25) is 0 Å². The molecule has 0 bridgehead atoms. The quantitative estimate of drug-likeness (QED) is 0.619. The first-order chi connectivity index (χ1) is 6.46. The molecule has 0 aromatic carbocycles. The topological polar surface area (TPSA) is 43.4 Å². The van der Waals surface area contributed by atoms with Crippen LogP contribution in [0.1, 0.15) is 53.4 Å². The molecule has 0 N–H and O–H groups in total. The van der Waals surface area contributed by atoms with E-state index >= 15 is 0 Å². The highest BCUT2D eigenvalue weighted by Crippen LogP contribution is 2.21. The summed E-state index contributed by atoms with van der Waals surface area (Å²) in [5, 5.41) is 0. The zero-order chi connectivity index (χ0) is 11.2. The van der Waals surface area contributed by atoms with Gasteiger partial charge in [-0.2, -0.15) is 0 Å². The van der Waals surface area contributed by atoms with Crippen molar-refractivity contribution >= 4 is 11.8 Å². The van der Waals surface area contributed by atoms with E-state index in [1.54, 1.807) is 13.8 Å². The summed E-state index contributed by atoms with van der Waals surface area (Å²) in [6.07, 6.45) is 2.92. The summed E-state index contributed by atoms with van der Waals surface area (Å²) in [6, 6.07) is 0. The molecule has 0 saturated carbocycles. The molecule has 0 heterocycles. The van der Waals surface area contributed by atoms with Crippen molar-refractivity contribution in [2.24, 2.45) is 0 Å². The summed E-state index contributed by atoms with van der Waals surface area (Å²) < 4.78 is 5.10. The maximum Gasteiger partial charge on any atom is 0.303 e. The van der Waals surface area contributed by atoms with Crippen LogP contribution < -0.4 is 0 Å². The lowest BCUT2D eigenvalue weighted by Crippen LogP contribution is -2.39. The van der Waals surface area contributed by atoms with Gasteiger partial charge < -0.3 is 4.74 Å². The number of rotatable bonds is 6. The van der Waals surface area contributed by atoms with E-state index in [1.807, 2.05) is 6.92 Å². The van der Waals surface area contributed by atoms with Gasteiger partial charge in [0.15, 0.2) is 11.4 Å². The van der Waals surface area contributed by atoms with E-state index in [-0.39, 0.29) is 11.8 Å². The first-order valence-corrected chi connectivity index (χ1v) is 5.19. The first kappa shape index (κ1) is 13.1. The zero-order valence-corrected chi connectivity index (χ0v) is 9.55. The molecule has 14 heavy (non-hydrogen) atoms. The average Bonchev–Trinajstić information content (AvgIpc) is 2.12. The van der Waals surface area contributed by atoms with Gasteiger partial charge in [0, 0.05) is 13.3 Å². The van der Waals surface area contributed by atoms with Gasteiger partial charge in [-0.3, -0.25) is 9.59 Å². The molecule has 1 atom stereocenters. The Morgan fingerprint density at radius 1 is 1.29 bits per heavy atom. The molecule has 1 unspecified atom stereocenters. The Morgan fingerprint density at radius 3 is 2.21 bits per heavy atom. The fourth-order valence-corrected chi connectivity index (χ4v) is 1.45. The van der Waals surface area contributed by atoms with Gasteiger partial charge in [0.1, 0.15) is 0 Å². The second kappa shape index (κ2) is 5.78. The van der Waals surface area contributed by atoms with Crippen LogP contribution >= 0.6 is 0 Å². The molecule has 3 nitrogen and oxygen atoms in total. The number of carbonyl (C=O) groups excluding carboxylic acids is 2. The molecule has 0 aromatic rings. The lowest BCUT2D eigenvalue weighted by molar-refractivity contribution is -0.164. The molecule has 0 saturated heterocycles. The van der Waals surface area contributed by atoms with E-state index in [1.165, 1.54) is 6.92 Å². The van der Waals surface area contributed by atoms with Crippen molar-refractivity contribution < 1.29 is 14.3 Å². The van der Waals surface area contributed by atoms with Crippen molar-refractivity contribution in [1.82, 2.24) is 0 Å². The normalized spacial score (nSPS) is 14.6. The fourth-order valence-electron chi connectivity index (χ4n) is 1.45. The van der Waals surface area contributed by atoms with Crippen molar-refractivity contribution in [3.63, 3.8) is 0 Å². The van der Waals surface area contributed by atoms with E-state index in [4.69, 9.17) is 4.74 Å². The van der Waals surface area contributed by atoms with E-state index in [0.29, 0.717) is 12.8 Å². The predicted octanol–water partition coefficient (Wildman–Crippen LogP) is 2.48. The van der Waals surface area contributed by atoms with E-state index < -0.39 is 5.60 Å². The minimum absolute atomic E-state index is 0.00106. The average molecular weight is 200 g/mol. The molecule has 0 aromatic heterocycles. The number of esters is 1. The van der Waals surface area contributed by atoms with Gasteiger partial charge in [-0.25, -0.2) is 0 Å². The number of carbonyl (C=O) groups is 2. The van der Waals surface area contributed by atoms with Crippen LogP contribution in [-0.2, 0) is 14.3 Å². The Balaban J connectivity index is 4.48. The van der Waals surface area contributed by atoms with Crippen LogP contribution in [0.3, 0.4) is 0 Å². The third-order valence-electron chi connectivity index (χ3n) is 2.29. The van der Waals surface area contributed by atoms with Crippen LogP contribution in [0.2, 0.25) is 0 Å². The van der Waals surface area contributed by atoms with Crippen molar-refractivity contribution in [3.05, 3.63) is 0 Å². The zero-order valence-electron chi connectivity index (χ0n) is 9.55. The number of Topliss-reactive ketones (excluding diaryl/α,β-unsaturated/α-hetero) is 1. The summed E-state index contributed by atoms with van der Waals surface area (Å²) in [6.45, 7) is 6.88. The van der Waals surface area contributed by atoms with Crippen molar-refractivity contribution in [2.45, 2.75) is 59.0 Å². The molecule has 82 valence electrons. The number of hydrogen-bond donors (Lipinski definition) is 0. The number of ketones is 1. The monoisotopic (exact) mass is 200 g/mol. The second-order valence-electron chi connectivity index (χ2n) is 3.70. The highest BCUT2D eigenvalue weighted by atomic mass is 16.6. The number of ether oxygens (including phenoxy) is 1.